The van der Waals surface area contributed by atoms with Crippen molar-refractivity contribution in [2.24, 2.45) is 0 Å². The molecule has 2 amide bonds. The molecule has 2 N–H and O–H groups in total. The van der Waals surface area contributed by atoms with Gasteiger partial charge >= 0.3 is 0 Å². The summed E-state index contributed by atoms with van der Waals surface area (Å²) in [5.41, 5.74) is 4.84. The standard InChI is InChI=1S/C31H39FN4O3/c1-19-14-35(30(39)21(19)3)16-25-13-33-20(2)15-34(25)17-28(37)36-18-31(4,5)26-11-8-23(12-27(26)36)29(38)22-6-9-24(32)10-7-22/h6-12,20,25,29,33,38H,13-18H2,1-5H3/t20-,25-,29?/m1/s1. The highest BCUT2D eigenvalue weighted by Gasteiger charge is 2.40. The Bertz CT molecular complexity index is 1310. The number of carbonyl (C=O) groups is 2. The minimum atomic E-state index is -0.923. The van der Waals surface area contributed by atoms with Crippen LogP contribution in [0.5, 0.6) is 0 Å². The molecular weight excluding hydrogens is 495 g/mol. The predicted molar refractivity (Wildman–Crippen MR) is 150 cm³/mol. The minimum absolute atomic E-state index is 0.00702. The zero-order valence-electron chi connectivity index (χ0n) is 23.5. The van der Waals surface area contributed by atoms with E-state index in [-0.39, 0.29) is 41.7 Å². The van der Waals surface area contributed by atoms with Crippen molar-refractivity contribution in [2.75, 3.05) is 44.2 Å². The molecule has 0 aromatic heterocycles. The first-order valence-corrected chi connectivity index (χ1v) is 13.8. The van der Waals surface area contributed by atoms with E-state index in [9.17, 15) is 19.1 Å². The Labute approximate surface area is 230 Å². The molecule has 0 saturated carbocycles. The van der Waals surface area contributed by atoms with Gasteiger partial charge in [-0.3, -0.25) is 14.5 Å². The first-order valence-electron chi connectivity index (χ1n) is 13.8. The molecule has 2 aromatic carbocycles. The number of aliphatic hydroxyl groups is 1. The smallest absolute Gasteiger partial charge is 0.249 e. The van der Waals surface area contributed by atoms with Crippen LogP contribution in [0.25, 0.3) is 0 Å². The largest absolute Gasteiger partial charge is 0.384 e. The Morgan fingerprint density at radius 2 is 1.85 bits per heavy atom. The maximum atomic E-state index is 13.9. The number of piperazine rings is 1. The summed E-state index contributed by atoms with van der Waals surface area (Å²) in [5.74, 6) is -0.262. The summed E-state index contributed by atoms with van der Waals surface area (Å²) in [4.78, 5) is 32.5. The Morgan fingerprint density at radius 3 is 2.51 bits per heavy atom. The van der Waals surface area contributed by atoms with Gasteiger partial charge in [0.05, 0.1) is 6.54 Å². The molecular formula is C31H39FN4O3. The molecule has 1 fully saturated rings. The molecule has 1 unspecified atom stereocenters. The van der Waals surface area contributed by atoms with Crippen LogP contribution in [0.4, 0.5) is 10.1 Å². The lowest BCUT2D eigenvalue weighted by Gasteiger charge is -2.41. The summed E-state index contributed by atoms with van der Waals surface area (Å²) in [6, 6.07) is 11.9. The number of fused-ring (bicyclic) bond motifs is 1. The van der Waals surface area contributed by atoms with E-state index < -0.39 is 6.10 Å². The Hall–Kier alpha value is -3.07. The van der Waals surface area contributed by atoms with Crippen LogP contribution in [0.1, 0.15) is 57.4 Å². The van der Waals surface area contributed by atoms with Gasteiger partial charge in [0.25, 0.3) is 0 Å². The highest BCUT2D eigenvalue weighted by molar-refractivity contribution is 5.98. The number of aliphatic hydroxyl groups excluding tert-OH is 1. The van der Waals surface area contributed by atoms with Gasteiger partial charge in [0.2, 0.25) is 11.8 Å². The first kappa shape index (κ1) is 27.5. The van der Waals surface area contributed by atoms with Crippen LogP contribution in [0.15, 0.2) is 53.6 Å². The number of hydrogen-bond acceptors (Lipinski definition) is 5. The van der Waals surface area contributed by atoms with Gasteiger partial charge in [-0.15, -0.1) is 0 Å². The molecule has 7 nitrogen and oxygen atoms in total. The minimum Gasteiger partial charge on any atom is -0.384 e. The number of rotatable bonds is 6. The van der Waals surface area contributed by atoms with Crippen molar-refractivity contribution < 1.29 is 19.1 Å². The van der Waals surface area contributed by atoms with Gasteiger partial charge < -0.3 is 20.2 Å². The second-order valence-electron chi connectivity index (χ2n) is 12.1. The van der Waals surface area contributed by atoms with Crippen molar-refractivity contribution in [3.05, 3.63) is 76.1 Å². The Morgan fingerprint density at radius 1 is 1.15 bits per heavy atom. The van der Waals surface area contributed by atoms with Crippen LogP contribution >= 0.6 is 0 Å². The molecule has 1 saturated heterocycles. The second kappa shape index (κ2) is 10.5. The molecule has 208 valence electrons. The van der Waals surface area contributed by atoms with E-state index in [1.807, 2.05) is 41.8 Å². The van der Waals surface area contributed by atoms with Gasteiger partial charge in [0.1, 0.15) is 11.9 Å². The molecule has 2 aromatic rings. The van der Waals surface area contributed by atoms with E-state index in [4.69, 9.17) is 0 Å². The molecule has 0 aliphatic carbocycles. The summed E-state index contributed by atoms with van der Waals surface area (Å²) in [5, 5.41) is 14.5. The third kappa shape index (κ3) is 5.38. The number of hydrogen-bond donors (Lipinski definition) is 2. The molecule has 3 atom stereocenters. The molecule has 3 aliphatic heterocycles. The number of amides is 2. The van der Waals surface area contributed by atoms with Crippen molar-refractivity contribution in [3.63, 3.8) is 0 Å². The molecule has 0 bridgehead atoms. The number of carbonyl (C=O) groups excluding carboxylic acids is 2. The summed E-state index contributed by atoms with van der Waals surface area (Å²) >= 11 is 0. The third-order valence-corrected chi connectivity index (χ3v) is 8.57. The third-order valence-electron chi connectivity index (χ3n) is 8.57. The topological polar surface area (TPSA) is 76.1 Å². The van der Waals surface area contributed by atoms with E-state index in [1.165, 1.54) is 12.1 Å². The van der Waals surface area contributed by atoms with Gasteiger partial charge in [-0.1, -0.05) is 38.1 Å². The lowest BCUT2D eigenvalue weighted by Crippen LogP contribution is -2.61. The zero-order valence-corrected chi connectivity index (χ0v) is 23.5. The second-order valence-corrected chi connectivity index (χ2v) is 12.1. The predicted octanol–water partition coefficient (Wildman–Crippen LogP) is 3.37. The highest BCUT2D eigenvalue weighted by atomic mass is 19.1. The normalized spacial score (nSPS) is 23.9. The van der Waals surface area contributed by atoms with E-state index in [0.29, 0.717) is 37.3 Å². The quantitative estimate of drug-likeness (QED) is 0.595. The van der Waals surface area contributed by atoms with Crippen molar-refractivity contribution in [2.45, 2.75) is 58.2 Å². The molecule has 8 heteroatoms. The van der Waals surface area contributed by atoms with Gasteiger partial charge in [-0.25, -0.2) is 4.39 Å². The average Bonchev–Trinajstić information content (AvgIpc) is 3.31. The van der Waals surface area contributed by atoms with Crippen LogP contribution in [0.2, 0.25) is 0 Å². The number of nitrogens with one attached hydrogen (secondary N) is 1. The maximum Gasteiger partial charge on any atom is 0.249 e. The lowest BCUT2D eigenvalue weighted by molar-refractivity contribution is -0.126. The van der Waals surface area contributed by atoms with Gasteiger partial charge in [0, 0.05) is 61.5 Å². The molecule has 39 heavy (non-hydrogen) atoms. The van der Waals surface area contributed by atoms with Crippen molar-refractivity contribution in [3.8, 4) is 0 Å². The Kier molecular flexibility index (Phi) is 7.39. The maximum absolute atomic E-state index is 13.9. The molecule has 3 heterocycles. The van der Waals surface area contributed by atoms with E-state index in [2.05, 4.69) is 31.0 Å². The van der Waals surface area contributed by atoms with E-state index in [0.717, 1.165) is 28.9 Å². The molecule has 0 radical (unpaired) electrons. The average molecular weight is 535 g/mol. The fraction of sp³-hybridized carbons (Fsp3) is 0.484. The summed E-state index contributed by atoms with van der Waals surface area (Å²) in [6.07, 6.45) is -0.923. The molecule has 0 spiro atoms. The van der Waals surface area contributed by atoms with Crippen LogP contribution < -0.4 is 10.2 Å². The number of halogens is 1. The van der Waals surface area contributed by atoms with E-state index in [1.54, 1.807) is 12.1 Å². The number of benzene rings is 2. The number of anilines is 1. The number of nitrogens with zero attached hydrogens (tertiary/aromatic N) is 3. The van der Waals surface area contributed by atoms with Crippen molar-refractivity contribution in [1.82, 2.24) is 15.1 Å². The highest BCUT2D eigenvalue weighted by Crippen LogP contribution is 2.42. The van der Waals surface area contributed by atoms with E-state index >= 15 is 0 Å². The summed E-state index contributed by atoms with van der Waals surface area (Å²) in [6.45, 7) is 13.7. The fourth-order valence-electron chi connectivity index (χ4n) is 6.10. The molecule has 3 aliphatic rings. The monoisotopic (exact) mass is 534 g/mol. The van der Waals surface area contributed by atoms with Crippen LogP contribution in [0.3, 0.4) is 0 Å². The van der Waals surface area contributed by atoms with Gasteiger partial charge in [-0.2, -0.15) is 0 Å². The lowest BCUT2D eigenvalue weighted by atomic mass is 9.86. The Balaban J connectivity index is 1.36. The summed E-state index contributed by atoms with van der Waals surface area (Å²) < 4.78 is 13.4. The van der Waals surface area contributed by atoms with Gasteiger partial charge in [0.15, 0.2) is 0 Å². The van der Waals surface area contributed by atoms with Crippen molar-refractivity contribution in [1.29, 1.82) is 0 Å². The van der Waals surface area contributed by atoms with Crippen LogP contribution in [0, 0.1) is 5.82 Å². The SMILES string of the molecule is CC1=C(C)C(=O)N(C[C@H]2CN[C@H](C)CN2CC(=O)N2CC(C)(C)c3ccc(C(O)c4ccc(F)cc4)cc32)C1. The van der Waals surface area contributed by atoms with Gasteiger partial charge in [-0.05, 0) is 61.2 Å². The van der Waals surface area contributed by atoms with Crippen LogP contribution in [-0.4, -0.2) is 78.1 Å². The van der Waals surface area contributed by atoms with Crippen LogP contribution in [-0.2, 0) is 15.0 Å². The summed E-state index contributed by atoms with van der Waals surface area (Å²) in [7, 11) is 0. The van der Waals surface area contributed by atoms with Crippen molar-refractivity contribution >= 4 is 17.5 Å². The fourth-order valence-corrected chi connectivity index (χ4v) is 6.10. The zero-order chi connectivity index (χ0) is 28.1. The molecule has 5 rings (SSSR count). The first-order chi connectivity index (χ1) is 18.4.